The molecule has 2 heterocycles. The summed E-state index contributed by atoms with van der Waals surface area (Å²) >= 11 is 0. The maximum atomic E-state index is 5.16. The summed E-state index contributed by atoms with van der Waals surface area (Å²) in [7, 11) is 0. The van der Waals surface area contributed by atoms with Crippen LogP contribution in [0.1, 0.15) is 0 Å². The fraction of sp³-hybridized carbons (Fsp3) is 0. The second-order valence-electron chi connectivity index (χ2n) is 16.1. The van der Waals surface area contributed by atoms with Gasteiger partial charge < -0.3 is 0 Å². The molecule has 0 atom stereocenters. The van der Waals surface area contributed by atoms with Gasteiger partial charge in [-0.2, -0.15) is 0 Å². The quantitative estimate of drug-likeness (QED) is 0.137. The first kappa shape index (κ1) is 39.9. The average Bonchev–Trinajstić information content (AvgIpc) is 3.42. The molecule has 0 radical (unpaired) electrons. The SMILES string of the molecule is c1ccc(-c2cccc(-c3cccc(-c4nc(-c5ccccc5)nc(-c5cccc(-c6cccc(-c7cccc(-c8cc(-c9ccccc9)nc(-c9ccccc9)n8)c7)c6)c5)n4)c3)c2)cc1. The second-order valence-corrected chi connectivity index (χ2v) is 16.1. The fourth-order valence-electron chi connectivity index (χ4n) is 8.34. The molecule has 5 heteroatoms. The monoisotopic (exact) mass is 843 g/mol. The van der Waals surface area contributed by atoms with Crippen molar-refractivity contribution in [1.82, 2.24) is 24.9 Å². The van der Waals surface area contributed by atoms with Crippen LogP contribution >= 0.6 is 0 Å². The molecule has 0 N–H and O–H groups in total. The van der Waals surface area contributed by atoms with Crippen LogP contribution in [0.5, 0.6) is 0 Å². The van der Waals surface area contributed by atoms with Crippen LogP contribution in [0.2, 0.25) is 0 Å². The molecule has 0 saturated heterocycles. The Hall–Kier alpha value is -8.93. The molecule has 66 heavy (non-hydrogen) atoms. The van der Waals surface area contributed by atoms with E-state index in [1.54, 1.807) is 0 Å². The highest BCUT2D eigenvalue weighted by atomic mass is 15.0. The van der Waals surface area contributed by atoms with Crippen molar-refractivity contribution >= 4 is 0 Å². The van der Waals surface area contributed by atoms with E-state index in [9.17, 15) is 0 Å². The maximum Gasteiger partial charge on any atom is 0.164 e. The number of benzene rings is 9. The zero-order chi connectivity index (χ0) is 44.1. The molecule has 0 spiro atoms. The minimum atomic E-state index is 0.607. The Balaban J connectivity index is 0.937. The third-order valence-corrected chi connectivity index (χ3v) is 11.7. The van der Waals surface area contributed by atoms with Crippen molar-refractivity contribution in [2.75, 3.05) is 0 Å². The number of nitrogens with zero attached hydrogens (tertiary/aromatic N) is 5. The van der Waals surface area contributed by atoms with Gasteiger partial charge in [0.2, 0.25) is 0 Å². The first-order valence-electron chi connectivity index (χ1n) is 22.1. The average molecular weight is 844 g/mol. The fourth-order valence-corrected chi connectivity index (χ4v) is 8.34. The lowest BCUT2D eigenvalue weighted by molar-refractivity contribution is 1.07. The zero-order valence-corrected chi connectivity index (χ0v) is 35.9. The maximum absolute atomic E-state index is 5.16. The molecular formula is C61H41N5. The van der Waals surface area contributed by atoms with Crippen molar-refractivity contribution in [2.24, 2.45) is 0 Å². The smallest absolute Gasteiger partial charge is 0.164 e. The third kappa shape index (κ3) is 8.57. The number of rotatable bonds is 10. The summed E-state index contributed by atoms with van der Waals surface area (Å²) in [5, 5.41) is 0. The molecule has 310 valence electrons. The number of hydrogen-bond acceptors (Lipinski definition) is 5. The molecule has 0 unspecified atom stereocenters. The lowest BCUT2D eigenvalue weighted by Crippen LogP contribution is -2.00. The van der Waals surface area contributed by atoms with Crippen LogP contribution in [0.15, 0.2) is 249 Å². The summed E-state index contributed by atoms with van der Waals surface area (Å²) in [6.07, 6.45) is 0. The summed E-state index contributed by atoms with van der Waals surface area (Å²) in [5.74, 6) is 2.53. The topological polar surface area (TPSA) is 64.5 Å². The highest BCUT2D eigenvalue weighted by Crippen LogP contribution is 2.35. The van der Waals surface area contributed by atoms with Gasteiger partial charge >= 0.3 is 0 Å². The molecule has 11 aromatic rings. The summed E-state index contributed by atoms with van der Waals surface area (Å²) in [6.45, 7) is 0. The minimum absolute atomic E-state index is 0.607. The van der Waals surface area contributed by atoms with E-state index in [4.69, 9.17) is 24.9 Å². The first-order valence-corrected chi connectivity index (χ1v) is 22.1. The molecule has 5 nitrogen and oxygen atoms in total. The molecule has 0 amide bonds. The number of hydrogen-bond donors (Lipinski definition) is 0. The van der Waals surface area contributed by atoms with Crippen LogP contribution in [0.3, 0.4) is 0 Å². The van der Waals surface area contributed by atoms with Gasteiger partial charge in [0.25, 0.3) is 0 Å². The number of aromatic nitrogens is 5. The van der Waals surface area contributed by atoms with E-state index in [0.29, 0.717) is 23.3 Å². The predicted molar refractivity (Wildman–Crippen MR) is 270 cm³/mol. The van der Waals surface area contributed by atoms with Crippen molar-refractivity contribution in [3.63, 3.8) is 0 Å². The highest BCUT2D eigenvalue weighted by molar-refractivity contribution is 5.81. The van der Waals surface area contributed by atoms with Crippen molar-refractivity contribution in [3.05, 3.63) is 249 Å². The van der Waals surface area contributed by atoms with Crippen molar-refractivity contribution in [3.8, 4) is 113 Å². The Bertz CT molecular complexity index is 3410. The Kier molecular flexibility index (Phi) is 10.9. The molecule has 0 aliphatic rings. The van der Waals surface area contributed by atoms with Gasteiger partial charge in [-0.05, 0) is 80.9 Å². The van der Waals surface area contributed by atoms with E-state index in [2.05, 4.69) is 176 Å². The lowest BCUT2D eigenvalue weighted by atomic mass is 9.96. The Morgan fingerprint density at radius 1 is 0.152 bits per heavy atom. The Morgan fingerprint density at radius 2 is 0.394 bits per heavy atom. The molecule has 0 fully saturated rings. The lowest BCUT2D eigenvalue weighted by Gasteiger charge is -2.12. The van der Waals surface area contributed by atoms with Gasteiger partial charge in [-0.15, -0.1) is 0 Å². The van der Waals surface area contributed by atoms with Crippen LogP contribution in [0.4, 0.5) is 0 Å². The van der Waals surface area contributed by atoms with Crippen molar-refractivity contribution in [2.45, 2.75) is 0 Å². The van der Waals surface area contributed by atoms with E-state index in [0.717, 1.165) is 78.1 Å². The van der Waals surface area contributed by atoms with E-state index >= 15 is 0 Å². The van der Waals surface area contributed by atoms with E-state index in [1.165, 1.54) is 11.1 Å². The van der Waals surface area contributed by atoms with E-state index in [1.807, 2.05) is 72.8 Å². The molecule has 2 aromatic heterocycles. The molecule has 0 aliphatic carbocycles. The minimum Gasteiger partial charge on any atom is -0.228 e. The van der Waals surface area contributed by atoms with Gasteiger partial charge in [-0.25, -0.2) is 24.9 Å². The van der Waals surface area contributed by atoms with Gasteiger partial charge in [0, 0.05) is 33.4 Å². The summed E-state index contributed by atoms with van der Waals surface area (Å²) < 4.78 is 0. The molecule has 11 rings (SSSR count). The van der Waals surface area contributed by atoms with Crippen LogP contribution in [-0.2, 0) is 0 Å². The third-order valence-electron chi connectivity index (χ3n) is 11.7. The van der Waals surface area contributed by atoms with Gasteiger partial charge in [-0.1, -0.05) is 212 Å². The van der Waals surface area contributed by atoms with Crippen LogP contribution in [0.25, 0.3) is 113 Å². The Labute approximate surface area is 384 Å². The summed E-state index contributed by atoms with van der Waals surface area (Å²) in [6, 6.07) is 86.0. The van der Waals surface area contributed by atoms with E-state index < -0.39 is 0 Å². The molecule has 0 bridgehead atoms. The van der Waals surface area contributed by atoms with Crippen molar-refractivity contribution in [1.29, 1.82) is 0 Å². The zero-order valence-electron chi connectivity index (χ0n) is 35.9. The first-order chi connectivity index (χ1) is 32.7. The standard InChI is InChI=1S/C61H41N5/c1-5-18-42(19-6-1)46-26-13-27-47(36-46)51-31-16-34-54(39-51)60-64-59(45-24-11-4-12-25-45)65-61(66-60)55-35-17-32-52(40-55)49-29-14-28-48(37-49)50-30-15-33-53(38-50)57-41-56(43-20-7-2-8-21-43)62-58(63-57)44-22-9-3-10-23-44/h1-41H. The van der Waals surface area contributed by atoms with Crippen LogP contribution in [0, 0.1) is 0 Å². The van der Waals surface area contributed by atoms with E-state index in [-0.39, 0.29) is 0 Å². The van der Waals surface area contributed by atoms with Crippen LogP contribution < -0.4 is 0 Å². The van der Waals surface area contributed by atoms with Crippen molar-refractivity contribution < 1.29 is 0 Å². The molecular weight excluding hydrogens is 803 g/mol. The highest BCUT2D eigenvalue weighted by Gasteiger charge is 2.16. The van der Waals surface area contributed by atoms with Gasteiger partial charge in [0.05, 0.1) is 11.4 Å². The van der Waals surface area contributed by atoms with Gasteiger partial charge in [0.1, 0.15) is 0 Å². The normalized spacial score (nSPS) is 11.0. The summed E-state index contributed by atoms with van der Waals surface area (Å²) in [5.41, 5.74) is 16.4. The van der Waals surface area contributed by atoms with Gasteiger partial charge in [0.15, 0.2) is 23.3 Å². The van der Waals surface area contributed by atoms with Gasteiger partial charge in [-0.3, -0.25) is 0 Å². The van der Waals surface area contributed by atoms with Crippen LogP contribution in [-0.4, -0.2) is 24.9 Å². The molecule has 0 saturated carbocycles. The molecule has 9 aromatic carbocycles. The Morgan fingerprint density at radius 3 is 0.803 bits per heavy atom. The molecule has 0 aliphatic heterocycles. The largest absolute Gasteiger partial charge is 0.228 e. The second kappa shape index (κ2) is 18.0. The summed E-state index contributed by atoms with van der Waals surface area (Å²) in [4.78, 5) is 25.4. The predicted octanol–water partition coefficient (Wildman–Crippen LogP) is 15.3.